The monoisotopic (exact) mass is 441 g/mol. The molecule has 1 saturated heterocycles. The number of nitrogens with one attached hydrogen (secondary N) is 2. The molecule has 8 heteroatoms. The minimum atomic E-state index is 0. The minimum absolute atomic E-state index is 0. The number of rotatable bonds is 7. The maximum Gasteiger partial charge on any atom is 0.224 e. The number of carbonyl (C=O) groups excluding carboxylic acids is 1. The second kappa shape index (κ2) is 12.5. The zero-order chi connectivity index (χ0) is 19.1. The number of amides is 1. The second-order valence-corrected chi connectivity index (χ2v) is 6.92. The first-order valence-corrected chi connectivity index (χ1v) is 9.43. The molecule has 0 saturated carbocycles. The number of nitrogens with zero attached hydrogens (tertiary/aromatic N) is 1. The van der Waals surface area contributed by atoms with Crippen molar-refractivity contribution >= 4 is 36.4 Å². The van der Waals surface area contributed by atoms with Gasteiger partial charge in [-0.3, -0.25) is 4.79 Å². The molecule has 0 aliphatic carbocycles. The lowest BCUT2D eigenvalue weighted by Gasteiger charge is -2.22. The molecule has 2 N–H and O–H groups in total. The van der Waals surface area contributed by atoms with E-state index in [2.05, 4.69) is 15.6 Å². The summed E-state index contributed by atoms with van der Waals surface area (Å²) in [6.07, 6.45) is 5.41. The number of hydrogen-bond acceptors (Lipinski definition) is 5. The molecular weight excluding hydrogens is 413 g/mol. The first kappa shape index (κ1) is 25.0. The number of hydrogen-bond donors (Lipinski definition) is 2. The Morgan fingerprint density at radius 3 is 2.59 bits per heavy atom. The fraction of sp³-hybridized carbons (Fsp3) is 0.429. The highest BCUT2D eigenvalue weighted by Crippen LogP contribution is 2.31. The van der Waals surface area contributed by atoms with Crippen LogP contribution in [0, 0.1) is 12.8 Å². The third-order valence-corrected chi connectivity index (χ3v) is 4.79. The molecular formula is C21H29Cl2N3O3. The predicted molar refractivity (Wildman–Crippen MR) is 120 cm³/mol. The third-order valence-electron chi connectivity index (χ3n) is 4.79. The number of anilines is 1. The minimum Gasteiger partial charge on any atom is -0.493 e. The van der Waals surface area contributed by atoms with E-state index in [0.29, 0.717) is 35.4 Å². The van der Waals surface area contributed by atoms with Crippen LogP contribution in [0.2, 0.25) is 0 Å². The fourth-order valence-corrected chi connectivity index (χ4v) is 3.22. The van der Waals surface area contributed by atoms with Gasteiger partial charge in [-0.1, -0.05) is 6.07 Å². The Balaban J connectivity index is 0.00000210. The molecule has 0 bridgehead atoms. The van der Waals surface area contributed by atoms with E-state index in [9.17, 15) is 4.79 Å². The number of ether oxygens (including phenoxy) is 2. The lowest BCUT2D eigenvalue weighted by Crippen LogP contribution is -2.28. The molecule has 1 fully saturated rings. The van der Waals surface area contributed by atoms with E-state index in [4.69, 9.17) is 9.47 Å². The molecule has 2 aromatic rings. The second-order valence-electron chi connectivity index (χ2n) is 6.92. The molecule has 1 amide bonds. The van der Waals surface area contributed by atoms with Gasteiger partial charge in [-0.15, -0.1) is 24.8 Å². The average Bonchev–Trinajstić information content (AvgIpc) is 2.70. The maximum atomic E-state index is 12.1. The zero-order valence-electron chi connectivity index (χ0n) is 16.8. The van der Waals surface area contributed by atoms with E-state index in [1.54, 1.807) is 25.4 Å². The number of aromatic nitrogens is 1. The number of aryl methyl sites for hydroxylation is 1. The molecule has 0 unspecified atom stereocenters. The largest absolute Gasteiger partial charge is 0.493 e. The molecule has 0 spiro atoms. The van der Waals surface area contributed by atoms with Crippen LogP contribution in [0.5, 0.6) is 17.4 Å². The van der Waals surface area contributed by atoms with Gasteiger partial charge in [0.05, 0.1) is 19.0 Å². The first-order valence-electron chi connectivity index (χ1n) is 9.43. The fourth-order valence-electron chi connectivity index (χ4n) is 3.22. The van der Waals surface area contributed by atoms with Gasteiger partial charge in [-0.2, -0.15) is 0 Å². The van der Waals surface area contributed by atoms with Gasteiger partial charge in [-0.05, 0) is 69.0 Å². The molecule has 6 nitrogen and oxygen atoms in total. The maximum absolute atomic E-state index is 12.1. The van der Waals surface area contributed by atoms with E-state index in [1.165, 1.54) is 0 Å². The Kier molecular flexibility index (Phi) is 10.8. The third kappa shape index (κ3) is 7.72. The number of methoxy groups -OCH3 is 1. The van der Waals surface area contributed by atoms with E-state index < -0.39 is 0 Å². The van der Waals surface area contributed by atoms with E-state index >= 15 is 0 Å². The SMILES string of the molecule is COc1cc(C)ccc1Oc1ccc(NC(=O)CCC2CCNCC2)cn1.Cl.Cl. The lowest BCUT2D eigenvalue weighted by molar-refractivity contribution is -0.116. The number of piperidine rings is 1. The Bertz CT molecular complexity index is 766. The van der Waals surface area contributed by atoms with Crippen molar-refractivity contribution in [3.8, 4) is 17.4 Å². The number of carbonyl (C=O) groups is 1. The van der Waals surface area contributed by atoms with E-state index in [1.807, 2.05) is 25.1 Å². The van der Waals surface area contributed by atoms with Crippen LogP contribution >= 0.6 is 24.8 Å². The average molecular weight is 442 g/mol. The molecule has 3 rings (SSSR count). The smallest absolute Gasteiger partial charge is 0.224 e. The number of halogens is 2. The normalized spacial score (nSPS) is 13.6. The van der Waals surface area contributed by atoms with Gasteiger partial charge in [0.15, 0.2) is 11.5 Å². The van der Waals surface area contributed by atoms with Gasteiger partial charge in [0.25, 0.3) is 0 Å². The molecule has 1 aromatic heterocycles. The number of pyridine rings is 1. The molecule has 29 heavy (non-hydrogen) atoms. The number of benzene rings is 1. The molecule has 2 heterocycles. The van der Waals surface area contributed by atoms with Crippen molar-refractivity contribution in [2.45, 2.75) is 32.6 Å². The summed E-state index contributed by atoms with van der Waals surface area (Å²) in [5, 5.41) is 6.25. The Hall–Kier alpha value is -2.02. The highest BCUT2D eigenvalue weighted by molar-refractivity contribution is 5.90. The van der Waals surface area contributed by atoms with Gasteiger partial charge in [0.1, 0.15) is 0 Å². The first-order chi connectivity index (χ1) is 13.1. The van der Waals surface area contributed by atoms with Crippen molar-refractivity contribution in [3.05, 3.63) is 42.1 Å². The Morgan fingerprint density at radius 2 is 1.93 bits per heavy atom. The summed E-state index contributed by atoms with van der Waals surface area (Å²) in [6, 6.07) is 9.25. The summed E-state index contributed by atoms with van der Waals surface area (Å²) in [6.45, 7) is 4.11. The molecule has 160 valence electrons. The van der Waals surface area contributed by atoms with Crippen LogP contribution in [0.3, 0.4) is 0 Å². The molecule has 0 atom stereocenters. The van der Waals surface area contributed by atoms with Gasteiger partial charge in [-0.25, -0.2) is 4.98 Å². The standard InChI is InChI=1S/C21H27N3O3.2ClH/c1-15-3-6-18(19(13-15)26-2)27-21-8-5-17(14-23-21)24-20(25)7-4-16-9-11-22-12-10-16;;/h3,5-6,8,13-14,16,22H,4,7,9-12H2,1-2H3,(H,24,25);2*1H. The van der Waals surface area contributed by atoms with E-state index in [-0.39, 0.29) is 30.7 Å². The summed E-state index contributed by atoms with van der Waals surface area (Å²) in [5.74, 6) is 2.39. The quantitative estimate of drug-likeness (QED) is 0.648. The van der Waals surface area contributed by atoms with Crippen LogP contribution < -0.4 is 20.1 Å². The lowest BCUT2D eigenvalue weighted by atomic mass is 9.93. The highest BCUT2D eigenvalue weighted by atomic mass is 35.5. The van der Waals surface area contributed by atoms with Crippen LogP contribution in [-0.2, 0) is 4.79 Å². The van der Waals surface area contributed by atoms with Gasteiger partial charge >= 0.3 is 0 Å². The van der Waals surface area contributed by atoms with Crippen LogP contribution in [-0.4, -0.2) is 31.1 Å². The Morgan fingerprint density at radius 1 is 1.17 bits per heavy atom. The molecule has 1 aliphatic heterocycles. The van der Waals surface area contributed by atoms with Gasteiger partial charge in [0, 0.05) is 12.5 Å². The summed E-state index contributed by atoms with van der Waals surface area (Å²) in [4.78, 5) is 16.4. The van der Waals surface area contributed by atoms with Crippen molar-refractivity contribution in [3.63, 3.8) is 0 Å². The molecule has 1 aliphatic rings. The van der Waals surface area contributed by atoms with Crippen molar-refractivity contribution in [1.82, 2.24) is 10.3 Å². The van der Waals surface area contributed by atoms with Gasteiger partial charge in [0.2, 0.25) is 11.8 Å². The van der Waals surface area contributed by atoms with Gasteiger partial charge < -0.3 is 20.1 Å². The van der Waals surface area contributed by atoms with E-state index in [0.717, 1.165) is 37.9 Å². The van der Waals surface area contributed by atoms with Crippen molar-refractivity contribution in [2.24, 2.45) is 5.92 Å². The van der Waals surface area contributed by atoms with Crippen molar-refractivity contribution < 1.29 is 14.3 Å². The van der Waals surface area contributed by atoms with Crippen LogP contribution in [0.4, 0.5) is 5.69 Å². The zero-order valence-corrected chi connectivity index (χ0v) is 18.4. The molecule has 1 aromatic carbocycles. The Labute approximate surface area is 184 Å². The summed E-state index contributed by atoms with van der Waals surface area (Å²) in [7, 11) is 1.61. The summed E-state index contributed by atoms with van der Waals surface area (Å²) in [5.41, 5.74) is 1.77. The van der Waals surface area contributed by atoms with Crippen LogP contribution in [0.15, 0.2) is 36.5 Å². The van der Waals surface area contributed by atoms with Crippen molar-refractivity contribution in [2.75, 3.05) is 25.5 Å². The summed E-state index contributed by atoms with van der Waals surface area (Å²) < 4.78 is 11.1. The summed E-state index contributed by atoms with van der Waals surface area (Å²) >= 11 is 0. The predicted octanol–water partition coefficient (Wildman–Crippen LogP) is 4.75. The van der Waals surface area contributed by atoms with Crippen molar-refractivity contribution in [1.29, 1.82) is 0 Å². The van der Waals surface area contributed by atoms with Crippen LogP contribution in [0.1, 0.15) is 31.2 Å². The topological polar surface area (TPSA) is 72.5 Å². The highest BCUT2D eigenvalue weighted by Gasteiger charge is 2.14. The van der Waals surface area contributed by atoms with Crippen LogP contribution in [0.25, 0.3) is 0 Å². The molecule has 0 radical (unpaired) electrons.